The summed E-state index contributed by atoms with van der Waals surface area (Å²) in [5.41, 5.74) is 1.04. The summed E-state index contributed by atoms with van der Waals surface area (Å²) in [6, 6.07) is 4.92. The summed E-state index contributed by atoms with van der Waals surface area (Å²) in [6.07, 6.45) is 0. The van der Waals surface area contributed by atoms with Gasteiger partial charge in [0.1, 0.15) is 5.82 Å². The topological polar surface area (TPSA) is 66.1 Å². The first-order valence-corrected chi connectivity index (χ1v) is 8.63. The molecular weight excluding hydrogens is 341 g/mol. The Balaban J connectivity index is 2.05. The molecule has 0 radical (unpaired) electrons. The van der Waals surface area contributed by atoms with E-state index >= 15 is 0 Å². The van der Waals surface area contributed by atoms with Gasteiger partial charge in [0.05, 0.1) is 22.3 Å². The van der Waals surface area contributed by atoms with Crippen molar-refractivity contribution in [3.05, 3.63) is 61.6 Å². The van der Waals surface area contributed by atoms with E-state index in [0.717, 1.165) is 15.6 Å². The molecule has 0 bridgehead atoms. The second kappa shape index (κ2) is 6.40. The molecule has 1 N–H and O–H groups in total. The zero-order valence-electron chi connectivity index (χ0n) is 14.4. The van der Waals surface area contributed by atoms with Crippen molar-refractivity contribution in [2.24, 2.45) is 0 Å². The zero-order valence-corrected chi connectivity index (χ0v) is 15.2. The fourth-order valence-corrected chi connectivity index (χ4v) is 3.79. The molecule has 0 saturated carbocycles. The van der Waals surface area contributed by atoms with E-state index in [9.17, 15) is 14.0 Å². The van der Waals surface area contributed by atoms with E-state index in [0.29, 0.717) is 10.9 Å². The Kier molecular flexibility index (Phi) is 4.43. The average Bonchev–Trinajstić information content (AvgIpc) is 2.90. The number of halogens is 1. The minimum Gasteiger partial charge on any atom is -0.333 e. The summed E-state index contributed by atoms with van der Waals surface area (Å²) in [7, 11) is 1.66. The first-order chi connectivity index (χ1) is 11.8. The van der Waals surface area contributed by atoms with Gasteiger partial charge >= 0.3 is 0 Å². The van der Waals surface area contributed by atoms with Crippen LogP contribution in [0.25, 0.3) is 10.9 Å². The van der Waals surface area contributed by atoms with E-state index in [1.54, 1.807) is 18.4 Å². The molecule has 0 aliphatic heterocycles. The molecule has 0 spiro atoms. The van der Waals surface area contributed by atoms with Gasteiger partial charge in [-0.25, -0.2) is 9.37 Å². The van der Waals surface area contributed by atoms with Crippen LogP contribution in [0.3, 0.4) is 0 Å². The maximum Gasteiger partial charge on any atom is 0.255 e. The Bertz CT molecular complexity index is 1020. The number of nitrogens with one attached hydrogen (secondary N) is 1. The van der Waals surface area contributed by atoms with E-state index < -0.39 is 11.4 Å². The van der Waals surface area contributed by atoms with E-state index in [4.69, 9.17) is 0 Å². The summed E-state index contributed by atoms with van der Waals surface area (Å²) in [4.78, 5) is 34.6. The van der Waals surface area contributed by atoms with Crippen molar-refractivity contribution in [2.75, 3.05) is 7.05 Å². The van der Waals surface area contributed by atoms with Gasteiger partial charge < -0.3 is 9.88 Å². The highest BCUT2D eigenvalue weighted by Gasteiger charge is 2.24. The molecule has 2 heterocycles. The Morgan fingerprint density at radius 1 is 1.32 bits per heavy atom. The number of rotatable bonds is 3. The fraction of sp³-hybridized carbons (Fsp3) is 0.278. The molecular formula is C18H18FN3O2S. The lowest BCUT2D eigenvalue weighted by Crippen LogP contribution is -2.31. The molecule has 1 aromatic carbocycles. The van der Waals surface area contributed by atoms with Gasteiger partial charge in [0.15, 0.2) is 0 Å². The van der Waals surface area contributed by atoms with E-state index in [2.05, 4.69) is 9.97 Å². The Morgan fingerprint density at radius 3 is 2.68 bits per heavy atom. The van der Waals surface area contributed by atoms with Crippen LogP contribution in [-0.2, 0) is 0 Å². The highest BCUT2D eigenvalue weighted by atomic mass is 32.1. The van der Waals surface area contributed by atoms with Crippen molar-refractivity contribution in [1.29, 1.82) is 0 Å². The number of carbonyl (C=O) groups excluding carboxylic acids is 1. The highest BCUT2D eigenvalue weighted by Crippen LogP contribution is 2.28. The number of aromatic nitrogens is 2. The van der Waals surface area contributed by atoms with E-state index in [1.165, 1.54) is 29.2 Å². The first-order valence-electron chi connectivity index (χ1n) is 7.81. The number of thiazole rings is 1. The minimum atomic E-state index is -0.463. The number of H-pyrrole nitrogens is 1. The van der Waals surface area contributed by atoms with Crippen LogP contribution in [0.4, 0.5) is 4.39 Å². The molecule has 3 rings (SSSR count). The highest BCUT2D eigenvalue weighted by molar-refractivity contribution is 7.11. The maximum atomic E-state index is 13.6. The molecule has 0 aliphatic rings. The number of benzene rings is 1. The zero-order chi connectivity index (χ0) is 18.3. The third-order valence-electron chi connectivity index (χ3n) is 4.27. The number of fused-ring (bicyclic) bond motifs is 1. The predicted molar refractivity (Wildman–Crippen MR) is 96.6 cm³/mol. The van der Waals surface area contributed by atoms with Gasteiger partial charge in [-0.3, -0.25) is 9.59 Å². The molecule has 0 fully saturated rings. The van der Waals surface area contributed by atoms with Gasteiger partial charge in [-0.2, -0.15) is 0 Å². The molecule has 0 saturated heterocycles. The predicted octanol–water partition coefficient (Wildman–Crippen LogP) is 3.57. The number of carbonyl (C=O) groups is 1. The lowest BCUT2D eigenvalue weighted by molar-refractivity contribution is 0.0741. The molecule has 7 heteroatoms. The second-order valence-electron chi connectivity index (χ2n) is 6.00. The fourth-order valence-electron chi connectivity index (χ4n) is 2.88. The number of aryl methyl sites for hydroxylation is 2. The summed E-state index contributed by atoms with van der Waals surface area (Å²) in [6.45, 7) is 5.77. The molecule has 1 atom stereocenters. The number of pyridine rings is 1. The van der Waals surface area contributed by atoms with Crippen LogP contribution >= 0.6 is 11.3 Å². The smallest absolute Gasteiger partial charge is 0.255 e. The number of hydrogen-bond acceptors (Lipinski definition) is 4. The van der Waals surface area contributed by atoms with Gasteiger partial charge in [-0.15, -0.1) is 11.3 Å². The molecule has 5 nitrogen and oxygen atoms in total. The van der Waals surface area contributed by atoms with Gasteiger partial charge in [0.2, 0.25) is 5.56 Å². The monoisotopic (exact) mass is 359 g/mol. The van der Waals surface area contributed by atoms with Gasteiger partial charge in [-0.05, 0) is 39.0 Å². The summed E-state index contributed by atoms with van der Waals surface area (Å²) < 4.78 is 13.6. The minimum absolute atomic E-state index is 0.178. The standard InChI is InChI=1S/C18H18FN3O2S/c1-9(17-10(2)25-11(3)20-17)22(4)18(24)14-8-16(23)21-15-6-5-12(19)7-13(14)15/h5-9H,1-4H3,(H,21,23). The molecule has 3 aromatic rings. The van der Waals surface area contributed by atoms with Crippen LogP contribution in [0.2, 0.25) is 0 Å². The normalized spacial score (nSPS) is 12.4. The quantitative estimate of drug-likeness (QED) is 0.777. The van der Waals surface area contributed by atoms with Crippen molar-refractivity contribution >= 4 is 28.1 Å². The molecule has 25 heavy (non-hydrogen) atoms. The SMILES string of the molecule is Cc1nc(C(C)N(C)C(=O)c2cc(=O)[nH]c3ccc(F)cc23)c(C)s1. The molecule has 130 valence electrons. The van der Waals surface area contributed by atoms with Crippen LogP contribution in [0.5, 0.6) is 0 Å². The van der Waals surface area contributed by atoms with Crippen molar-refractivity contribution < 1.29 is 9.18 Å². The second-order valence-corrected chi connectivity index (χ2v) is 7.41. The molecule has 1 unspecified atom stereocenters. The van der Waals surface area contributed by atoms with Gasteiger partial charge in [0.25, 0.3) is 5.91 Å². The third-order valence-corrected chi connectivity index (χ3v) is 5.17. The Labute approximate surface area is 148 Å². The van der Waals surface area contributed by atoms with Crippen molar-refractivity contribution in [2.45, 2.75) is 26.8 Å². The molecule has 0 aliphatic carbocycles. The van der Waals surface area contributed by atoms with Crippen molar-refractivity contribution in [3.8, 4) is 0 Å². The van der Waals surface area contributed by atoms with Crippen LogP contribution in [0.15, 0.2) is 29.1 Å². The van der Waals surface area contributed by atoms with Crippen molar-refractivity contribution in [1.82, 2.24) is 14.9 Å². The summed E-state index contributed by atoms with van der Waals surface area (Å²) in [5.74, 6) is -0.811. The van der Waals surface area contributed by atoms with Crippen LogP contribution in [0.1, 0.15) is 38.9 Å². The van der Waals surface area contributed by atoms with Crippen LogP contribution in [0, 0.1) is 19.7 Å². The van der Waals surface area contributed by atoms with Gasteiger partial charge in [0, 0.05) is 28.9 Å². The number of nitrogens with zero attached hydrogens (tertiary/aromatic N) is 2. The number of hydrogen-bond donors (Lipinski definition) is 1. The molecule has 2 aromatic heterocycles. The van der Waals surface area contributed by atoms with Crippen molar-refractivity contribution in [3.63, 3.8) is 0 Å². The van der Waals surface area contributed by atoms with E-state index in [1.807, 2.05) is 20.8 Å². The Hall–Kier alpha value is -2.54. The maximum absolute atomic E-state index is 13.6. The average molecular weight is 359 g/mol. The lowest BCUT2D eigenvalue weighted by atomic mass is 10.1. The third kappa shape index (κ3) is 3.19. The summed E-state index contributed by atoms with van der Waals surface area (Å²) in [5, 5.41) is 1.32. The largest absolute Gasteiger partial charge is 0.333 e. The lowest BCUT2D eigenvalue weighted by Gasteiger charge is -2.25. The van der Waals surface area contributed by atoms with Crippen LogP contribution < -0.4 is 5.56 Å². The Morgan fingerprint density at radius 2 is 2.04 bits per heavy atom. The number of amides is 1. The van der Waals surface area contributed by atoms with Gasteiger partial charge in [-0.1, -0.05) is 0 Å². The molecule has 1 amide bonds. The van der Waals surface area contributed by atoms with Crippen LogP contribution in [-0.4, -0.2) is 27.8 Å². The number of aromatic amines is 1. The first kappa shape index (κ1) is 17.3. The summed E-state index contributed by atoms with van der Waals surface area (Å²) >= 11 is 1.58. The van der Waals surface area contributed by atoms with E-state index in [-0.39, 0.29) is 17.5 Å².